The van der Waals surface area contributed by atoms with Crippen molar-refractivity contribution in [3.8, 4) is 0 Å². The molecule has 4 N–H and O–H groups in total. The minimum absolute atomic E-state index is 0.00602. The van der Waals surface area contributed by atoms with Crippen LogP contribution in [0.15, 0.2) is 0 Å². The highest BCUT2D eigenvalue weighted by Crippen LogP contribution is 2.72. The standard InChI is InChI=1S/C20H34O4/c1-17(2)9-13(22)10-18(3)14(17)6-7-19-8-12(4-5-15(18)19)20(24,11-21)16(19)23/h12-16,21-24H,4-11H2,1-3H3. The molecular weight excluding hydrogens is 304 g/mol. The molecule has 24 heavy (non-hydrogen) atoms. The summed E-state index contributed by atoms with van der Waals surface area (Å²) in [5.41, 5.74) is -1.49. The molecule has 0 aliphatic heterocycles. The average Bonchev–Trinajstić information content (AvgIpc) is 2.64. The quantitative estimate of drug-likeness (QED) is 0.590. The van der Waals surface area contributed by atoms with Gasteiger partial charge in [-0.15, -0.1) is 0 Å². The van der Waals surface area contributed by atoms with Gasteiger partial charge in [0.25, 0.3) is 0 Å². The summed E-state index contributed by atoms with van der Waals surface area (Å²) in [5, 5.41) is 42.5. The lowest BCUT2D eigenvalue weighted by Gasteiger charge is -2.65. The highest BCUT2D eigenvalue weighted by Gasteiger charge is 2.71. The first-order chi connectivity index (χ1) is 11.1. The highest BCUT2D eigenvalue weighted by molar-refractivity contribution is 5.21. The summed E-state index contributed by atoms with van der Waals surface area (Å²) in [7, 11) is 0. The third-order valence-corrected chi connectivity index (χ3v) is 8.97. The molecule has 0 amide bonds. The first-order valence-electron chi connectivity index (χ1n) is 9.79. The molecule has 4 rings (SSSR count). The summed E-state index contributed by atoms with van der Waals surface area (Å²) in [6, 6.07) is 0. The molecule has 138 valence electrons. The summed E-state index contributed by atoms with van der Waals surface area (Å²) < 4.78 is 0. The van der Waals surface area contributed by atoms with Crippen LogP contribution >= 0.6 is 0 Å². The topological polar surface area (TPSA) is 80.9 Å². The molecule has 0 heterocycles. The zero-order valence-electron chi connectivity index (χ0n) is 15.3. The number of aliphatic hydroxyl groups excluding tert-OH is 3. The largest absolute Gasteiger partial charge is 0.393 e. The van der Waals surface area contributed by atoms with Crippen LogP contribution in [-0.2, 0) is 0 Å². The molecular formula is C20H34O4. The molecule has 0 saturated heterocycles. The Kier molecular flexibility index (Phi) is 3.57. The van der Waals surface area contributed by atoms with E-state index in [0.29, 0.717) is 11.8 Å². The van der Waals surface area contributed by atoms with Crippen molar-refractivity contribution in [2.75, 3.05) is 6.61 Å². The lowest BCUT2D eigenvalue weighted by Crippen LogP contribution is -2.61. The van der Waals surface area contributed by atoms with E-state index in [1.54, 1.807) is 0 Å². The van der Waals surface area contributed by atoms with Crippen LogP contribution in [0.4, 0.5) is 0 Å². The molecule has 0 radical (unpaired) electrons. The van der Waals surface area contributed by atoms with Gasteiger partial charge in [0.05, 0.1) is 18.8 Å². The van der Waals surface area contributed by atoms with Gasteiger partial charge in [-0.3, -0.25) is 0 Å². The Morgan fingerprint density at radius 2 is 1.62 bits per heavy atom. The molecule has 4 heteroatoms. The minimum Gasteiger partial charge on any atom is -0.393 e. The van der Waals surface area contributed by atoms with Crippen LogP contribution in [0, 0.1) is 34.0 Å². The van der Waals surface area contributed by atoms with E-state index >= 15 is 0 Å². The Hall–Kier alpha value is -0.160. The second kappa shape index (κ2) is 4.97. The molecule has 8 unspecified atom stereocenters. The van der Waals surface area contributed by atoms with Crippen molar-refractivity contribution in [1.29, 1.82) is 0 Å². The van der Waals surface area contributed by atoms with E-state index in [2.05, 4.69) is 20.8 Å². The van der Waals surface area contributed by atoms with Gasteiger partial charge in [-0.2, -0.15) is 0 Å². The highest BCUT2D eigenvalue weighted by atomic mass is 16.4. The maximum atomic E-state index is 11.1. The van der Waals surface area contributed by atoms with Crippen LogP contribution in [0.3, 0.4) is 0 Å². The fourth-order valence-corrected chi connectivity index (χ4v) is 8.31. The van der Waals surface area contributed by atoms with Crippen LogP contribution in [0.5, 0.6) is 0 Å². The van der Waals surface area contributed by atoms with Crippen molar-refractivity contribution in [3.63, 3.8) is 0 Å². The van der Waals surface area contributed by atoms with E-state index in [0.717, 1.165) is 44.9 Å². The Bertz CT molecular complexity index is 534. The van der Waals surface area contributed by atoms with Gasteiger partial charge in [0.15, 0.2) is 0 Å². The molecule has 4 saturated carbocycles. The second-order valence-corrected chi connectivity index (χ2v) is 10.5. The predicted molar refractivity (Wildman–Crippen MR) is 91.2 cm³/mol. The van der Waals surface area contributed by atoms with Gasteiger partial charge in [-0.25, -0.2) is 0 Å². The van der Waals surface area contributed by atoms with Gasteiger partial charge in [-0.1, -0.05) is 20.8 Å². The zero-order chi connectivity index (χ0) is 17.5. The molecule has 4 nitrogen and oxygen atoms in total. The zero-order valence-corrected chi connectivity index (χ0v) is 15.3. The first-order valence-corrected chi connectivity index (χ1v) is 9.79. The number of rotatable bonds is 1. The molecule has 0 aromatic carbocycles. The van der Waals surface area contributed by atoms with Gasteiger partial charge >= 0.3 is 0 Å². The van der Waals surface area contributed by atoms with E-state index in [4.69, 9.17) is 0 Å². The van der Waals surface area contributed by atoms with Gasteiger partial charge in [0, 0.05) is 5.41 Å². The van der Waals surface area contributed by atoms with E-state index in [-0.39, 0.29) is 34.9 Å². The maximum absolute atomic E-state index is 11.1. The number of hydrogen-bond acceptors (Lipinski definition) is 4. The van der Waals surface area contributed by atoms with Gasteiger partial charge in [-0.05, 0) is 73.5 Å². The van der Waals surface area contributed by atoms with Gasteiger partial charge in [0.2, 0.25) is 0 Å². The molecule has 4 aliphatic carbocycles. The maximum Gasteiger partial charge on any atom is 0.117 e. The predicted octanol–water partition coefficient (Wildman–Crippen LogP) is 2.08. The average molecular weight is 338 g/mol. The second-order valence-electron chi connectivity index (χ2n) is 10.5. The number of aliphatic hydroxyl groups is 4. The summed E-state index contributed by atoms with van der Waals surface area (Å²) >= 11 is 0. The van der Waals surface area contributed by atoms with Crippen LogP contribution < -0.4 is 0 Å². The Morgan fingerprint density at radius 3 is 2.29 bits per heavy atom. The van der Waals surface area contributed by atoms with Crippen LogP contribution in [0.25, 0.3) is 0 Å². The third kappa shape index (κ3) is 1.89. The summed E-state index contributed by atoms with van der Waals surface area (Å²) in [5.74, 6) is 0.885. The van der Waals surface area contributed by atoms with Crippen molar-refractivity contribution in [2.45, 2.75) is 83.5 Å². The van der Waals surface area contributed by atoms with Crippen molar-refractivity contribution >= 4 is 0 Å². The number of fused-ring (bicyclic) bond motifs is 3. The fraction of sp³-hybridized carbons (Fsp3) is 1.00. The lowest BCUT2D eigenvalue weighted by atomic mass is 9.40. The molecule has 0 aromatic rings. The monoisotopic (exact) mass is 338 g/mol. The molecule has 4 fully saturated rings. The first kappa shape index (κ1) is 17.3. The van der Waals surface area contributed by atoms with Crippen LogP contribution in [0.2, 0.25) is 0 Å². The molecule has 0 aromatic heterocycles. The van der Waals surface area contributed by atoms with Gasteiger partial charge < -0.3 is 20.4 Å². The van der Waals surface area contributed by atoms with Crippen molar-refractivity contribution in [3.05, 3.63) is 0 Å². The Labute approximate surface area is 145 Å². The molecule has 8 atom stereocenters. The summed E-state index contributed by atoms with van der Waals surface area (Å²) in [6.45, 7) is 6.56. The molecule has 4 aliphatic rings. The molecule has 1 spiro atoms. The smallest absolute Gasteiger partial charge is 0.117 e. The van der Waals surface area contributed by atoms with E-state index in [9.17, 15) is 20.4 Å². The third-order valence-electron chi connectivity index (χ3n) is 8.97. The van der Waals surface area contributed by atoms with Crippen molar-refractivity contribution in [2.24, 2.45) is 34.0 Å². The van der Waals surface area contributed by atoms with Crippen molar-refractivity contribution in [1.82, 2.24) is 0 Å². The Balaban J connectivity index is 1.77. The van der Waals surface area contributed by atoms with E-state index in [1.165, 1.54) is 0 Å². The molecule has 2 bridgehead atoms. The van der Waals surface area contributed by atoms with E-state index in [1.807, 2.05) is 0 Å². The normalized spacial score (nSPS) is 58.9. The van der Waals surface area contributed by atoms with Gasteiger partial charge in [0.1, 0.15) is 5.60 Å². The van der Waals surface area contributed by atoms with Crippen LogP contribution in [-0.4, -0.2) is 44.8 Å². The van der Waals surface area contributed by atoms with Crippen molar-refractivity contribution < 1.29 is 20.4 Å². The lowest BCUT2D eigenvalue weighted by molar-refractivity contribution is -0.202. The van der Waals surface area contributed by atoms with E-state index < -0.39 is 11.7 Å². The van der Waals surface area contributed by atoms with Crippen LogP contribution in [0.1, 0.15) is 65.7 Å². The Morgan fingerprint density at radius 1 is 0.917 bits per heavy atom. The summed E-state index contributed by atoms with van der Waals surface area (Å²) in [6.07, 6.45) is 5.25. The fourth-order valence-electron chi connectivity index (χ4n) is 8.31. The summed E-state index contributed by atoms with van der Waals surface area (Å²) in [4.78, 5) is 0. The SMILES string of the molecule is CC1(C)CC(O)CC2(C)C1CCC13CC(CCC21)C(O)(CO)C3O. The number of hydrogen-bond donors (Lipinski definition) is 4. The minimum atomic E-state index is -1.33.